The third kappa shape index (κ3) is 3.13. The monoisotopic (exact) mass is 325 g/mol. The van der Waals surface area contributed by atoms with Crippen molar-refractivity contribution in [2.24, 2.45) is 0 Å². The SMILES string of the molecule is Cc1nc(CN2CCN(c3noc(-c4ccccc4)n3)CC2)n[nH]1. The molecule has 0 spiro atoms. The number of nitrogens with one attached hydrogen (secondary N) is 1. The second kappa shape index (κ2) is 6.40. The van der Waals surface area contributed by atoms with Gasteiger partial charge in [0, 0.05) is 31.7 Å². The average Bonchev–Trinajstić information content (AvgIpc) is 3.26. The molecule has 1 aliphatic heterocycles. The van der Waals surface area contributed by atoms with Crippen LogP contribution >= 0.6 is 0 Å². The summed E-state index contributed by atoms with van der Waals surface area (Å²) in [6, 6.07) is 9.82. The van der Waals surface area contributed by atoms with Gasteiger partial charge in [-0.15, -0.1) is 0 Å². The lowest BCUT2D eigenvalue weighted by Gasteiger charge is -2.33. The Balaban J connectivity index is 1.37. The van der Waals surface area contributed by atoms with Crippen molar-refractivity contribution in [2.75, 3.05) is 31.1 Å². The van der Waals surface area contributed by atoms with Crippen LogP contribution in [0.4, 0.5) is 5.95 Å². The predicted molar refractivity (Wildman–Crippen MR) is 88.3 cm³/mol. The third-order valence-electron chi connectivity index (χ3n) is 4.10. The van der Waals surface area contributed by atoms with Crippen molar-refractivity contribution >= 4 is 5.95 Å². The fraction of sp³-hybridized carbons (Fsp3) is 0.375. The first kappa shape index (κ1) is 14.8. The van der Waals surface area contributed by atoms with Crippen molar-refractivity contribution < 1.29 is 4.52 Å². The summed E-state index contributed by atoms with van der Waals surface area (Å²) in [5, 5.41) is 11.2. The van der Waals surface area contributed by atoms with Crippen molar-refractivity contribution in [1.82, 2.24) is 30.2 Å². The van der Waals surface area contributed by atoms with Gasteiger partial charge in [0.2, 0.25) is 0 Å². The number of benzene rings is 1. The van der Waals surface area contributed by atoms with Gasteiger partial charge in [-0.25, -0.2) is 4.98 Å². The summed E-state index contributed by atoms with van der Waals surface area (Å²) in [6.45, 7) is 6.23. The van der Waals surface area contributed by atoms with E-state index < -0.39 is 0 Å². The van der Waals surface area contributed by atoms with Crippen LogP contribution in [0.5, 0.6) is 0 Å². The van der Waals surface area contributed by atoms with Gasteiger partial charge in [0.15, 0.2) is 5.82 Å². The molecule has 0 aliphatic carbocycles. The van der Waals surface area contributed by atoms with Crippen LogP contribution in [-0.4, -0.2) is 56.4 Å². The molecule has 2 aromatic heterocycles. The van der Waals surface area contributed by atoms with Gasteiger partial charge in [0.25, 0.3) is 11.8 Å². The highest BCUT2D eigenvalue weighted by Crippen LogP contribution is 2.20. The standard InChI is InChI=1S/C16H19N7O/c1-12-17-14(20-19-12)11-22-7-9-23(10-8-22)16-18-15(24-21-16)13-5-3-2-4-6-13/h2-6H,7-11H2,1H3,(H,17,19,20). The number of hydrogen-bond acceptors (Lipinski definition) is 7. The molecule has 8 heteroatoms. The zero-order valence-corrected chi connectivity index (χ0v) is 13.5. The predicted octanol–water partition coefficient (Wildman–Crippen LogP) is 1.49. The van der Waals surface area contributed by atoms with Crippen LogP contribution in [-0.2, 0) is 6.54 Å². The van der Waals surface area contributed by atoms with Crippen LogP contribution in [0.15, 0.2) is 34.9 Å². The molecule has 0 saturated carbocycles. The first-order valence-electron chi connectivity index (χ1n) is 8.02. The van der Waals surface area contributed by atoms with Gasteiger partial charge in [0.1, 0.15) is 5.82 Å². The molecule has 124 valence electrons. The van der Waals surface area contributed by atoms with E-state index in [1.165, 1.54) is 0 Å². The van der Waals surface area contributed by atoms with Gasteiger partial charge in [-0.05, 0) is 24.2 Å². The average molecular weight is 325 g/mol. The molecule has 3 heterocycles. The van der Waals surface area contributed by atoms with E-state index in [0.29, 0.717) is 11.8 Å². The Morgan fingerprint density at radius 1 is 1.08 bits per heavy atom. The Bertz CT molecular complexity index is 790. The molecule has 24 heavy (non-hydrogen) atoms. The van der Waals surface area contributed by atoms with E-state index >= 15 is 0 Å². The van der Waals surface area contributed by atoms with Gasteiger partial charge >= 0.3 is 0 Å². The minimum Gasteiger partial charge on any atom is -0.336 e. The molecule has 1 N–H and O–H groups in total. The van der Waals surface area contributed by atoms with E-state index in [1.54, 1.807) is 0 Å². The molecule has 1 saturated heterocycles. The highest BCUT2D eigenvalue weighted by Gasteiger charge is 2.22. The fourth-order valence-electron chi connectivity index (χ4n) is 2.81. The quantitative estimate of drug-likeness (QED) is 0.777. The van der Waals surface area contributed by atoms with E-state index in [-0.39, 0.29) is 0 Å². The fourth-order valence-corrected chi connectivity index (χ4v) is 2.81. The summed E-state index contributed by atoms with van der Waals surface area (Å²) in [5.74, 6) is 2.90. The molecule has 4 rings (SSSR count). The zero-order chi connectivity index (χ0) is 16.4. The van der Waals surface area contributed by atoms with Gasteiger partial charge in [-0.3, -0.25) is 10.00 Å². The van der Waals surface area contributed by atoms with Crippen molar-refractivity contribution in [3.63, 3.8) is 0 Å². The number of nitrogens with zero attached hydrogens (tertiary/aromatic N) is 6. The maximum absolute atomic E-state index is 5.39. The van der Waals surface area contributed by atoms with Gasteiger partial charge in [-0.2, -0.15) is 10.1 Å². The molecule has 0 unspecified atom stereocenters. The molecule has 1 aliphatic rings. The second-order valence-corrected chi connectivity index (χ2v) is 5.87. The first-order chi connectivity index (χ1) is 11.8. The Morgan fingerprint density at radius 2 is 1.88 bits per heavy atom. The highest BCUT2D eigenvalue weighted by molar-refractivity contribution is 5.54. The minimum atomic E-state index is 0.559. The Labute approximate surface area is 139 Å². The maximum atomic E-state index is 5.39. The summed E-state index contributed by atoms with van der Waals surface area (Å²) in [6.07, 6.45) is 0. The largest absolute Gasteiger partial charge is 0.336 e. The number of anilines is 1. The van der Waals surface area contributed by atoms with Crippen LogP contribution in [0.25, 0.3) is 11.5 Å². The first-order valence-corrected chi connectivity index (χ1v) is 8.02. The van der Waals surface area contributed by atoms with Crippen molar-refractivity contribution in [3.05, 3.63) is 42.0 Å². The lowest BCUT2D eigenvalue weighted by atomic mass is 10.2. The number of rotatable bonds is 4. The van der Waals surface area contributed by atoms with E-state index in [4.69, 9.17) is 4.52 Å². The minimum absolute atomic E-state index is 0.559. The molecule has 1 fully saturated rings. The van der Waals surface area contributed by atoms with Crippen LogP contribution in [0.2, 0.25) is 0 Å². The molecule has 0 radical (unpaired) electrons. The van der Waals surface area contributed by atoms with E-state index in [2.05, 4.69) is 35.1 Å². The maximum Gasteiger partial charge on any atom is 0.266 e. The van der Waals surface area contributed by atoms with Crippen molar-refractivity contribution in [1.29, 1.82) is 0 Å². The van der Waals surface area contributed by atoms with Crippen LogP contribution in [0.3, 0.4) is 0 Å². The lowest BCUT2D eigenvalue weighted by molar-refractivity contribution is 0.242. The van der Waals surface area contributed by atoms with Gasteiger partial charge in [-0.1, -0.05) is 18.2 Å². The number of piperazine rings is 1. The number of aryl methyl sites for hydroxylation is 1. The summed E-state index contributed by atoms with van der Waals surface area (Å²) < 4.78 is 5.39. The number of aromatic nitrogens is 5. The molecule has 0 atom stereocenters. The van der Waals surface area contributed by atoms with Crippen LogP contribution in [0.1, 0.15) is 11.6 Å². The summed E-state index contributed by atoms with van der Waals surface area (Å²) in [4.78, 5) is 13.4. The molecule has 3 aromatic rings. The van der Waals surface area contributed by atoms with Crippen LogP contribution < -0.4 is 4.90 Å². The van der Waals surface area contributed by atoms with Crippen molar-refractivity contribution in [2.45, 2.75) is 13.5 Å². The molecule has 1 aromatic carbocycles. The third-order valence-corrected chi connectivity index (χ3v) is 4.10. The summed E-state index contributed by atoms with van der Waals surface area (Å²) in [7, 11) is 0. The normalized spacial score (nSPS) is 15.8. The molecule has 0 amide bonds. The molecular formula is C16H19N7O. The highest BCUT2D eigenvalue weighted by atomic mass is 16.5. The van der Waals surface area contributed by atoms with Crippen LogP contribution in [0, 0.1) is 6.92 Å². The number of H-pyrrole nitrogens is 1. The van der Waals surface area contributed by atoms with E-state index in [1.807, 2.05) is 37.3 Å². The Hall–Kier alpha value is -2.74. The Kier molecular flexibility index (Phi) is 3.96. The zero-order valence-electron chi connectivity index (χ0n) is 13.5. The smallest absolute Gasteiger partial charge is 0.266 e. The van der Waals surface area contributed by atoms with Gasteiger partial charge < -0.3 is 9.42 Å². The second-order valence-electron chi connectivity index (χ2n) is 5.87. The lowest BCUT2D eigenvalue weighted by Crippen LogP contribution is -2.46. The van der Waals surface area contributed by atoms with E-state index in [9.17, 15) is 0 Å². The Morgan fingerprint density at radius 3 is 2.58 bits per heavy atom. The summed E-state index contributed by atoms with van der Waals surface area (Å²) in [5.41, 5.74) is 0.940. The summed E-state index contributed by atoms with van der Waals surface area (Å²) >= 11 is 0. The van der Waals surface area contributed by atoms with E-state index in [0.717, 1.165) is 49.9 Å². The molecule has 0 bridgehead atoms. The number of aromatic amines is 1. The molecular weight excluding hydrogens is 306 g/mol. The molecule has 8 nitrogen and oxygen atoms in total. The number of hydrogen-bond donors (Lipinski definition) is 1. The van der Waals surface area contributed by atoms with Crippen molar-refractivity contribution in [3.8, 4) is 11.5 Å². The topological polar surface area (TPSA) is 87.0 Å². The van der Waals surface area contributed by atoms with Gasteiger partial charge in [0.05, 0.1) is 6.54 Å².